The fraction of sp³-hybridized carbons (Fsp3) is 0.706. The van der Waals surface area contributed by atoms with Crippen LogP contribution in [0.25, 0.3) is 0 Å². The molecule has 1 aromatic rings. The van der Waals surface area contributed by atoms with Gasteiger partial charge in [-0.05, 0) is 33.8 Å². The molecule has 2 rings (SSSR count). The average Bonchev–Trinajstić information content (AvgIpc) is 2.88. The molecule has 0 unspecified atom stereocenters. The van der Waals surface area contributed by atoms with Gasteiger partial charge in [0, 0.05) is 17.3 Å². The quantitative estimate of drug-likeness (QED) is 0.634. The maximum absolute atomic E-state index is 12.0. The lowest BCUT2D eigenvalue weighted by Crippen LogP contribution is -2.41. The molecule has 1 aliphatic rings. The third-order valence-electron chi connectivity index (χ3n) is 4.55. The molecular weight excluding hydrogens is 279 g/mol. The first-order valence-corrected chi connectivity index (χ1v) is 7.92. The van der Waals surface area contributed by atoms with Crippen LogP contribution in [-0.4, -0.2) is 24.1 Å². The van der Waals surface area contributed by atoms with Crippen molar-refractivity contribution in [2.24, 2.45) is 0 Å². The molecular formula is C17H27BO4. The van der Waals surface area contributed by atoms with Gasteiger partial charge in [-0.15, -0.1) is 0 Å². The van der Waals surface area contributed by atoms with E-state index in [-0.39, 0.29) is 11.2 Å². The lowest BCUT2D eigenvalue weighted by molar-refractivity contribution is 0.00578. The number of hydrogen-bond donors (Lipinski definition) is 0. The summed E-state index contributed by atoms with van der Waals surface area (Å²) < 4.78 is 18.1. The molecule has 122 valence electrons. The highest BCUT2D eigenvalue weighted by Crippen LogP contribution is 2.37. The Balaban J connectivity index is 2.47. The number of hydrogen-bond acceptors (Lipinski definition) is 4. The van der Waals surface area contributed by atoms with Crippen LogP contribution in [0.5, 0.6) is 0 Å². The minimum Gasteiger partial charge on any atom is -0.458 e. The summed E-state index contributed by atoms with van der Waals surface area (Å²) >= 11 is 0. The molecule has 4 nitrogen and oxygen atoms in total. The first-order valence-electron chi connectivity index (χ1n) is 7.92. The van der Waals surface area contributed by atoms with Crippen molar-refractivity contribution >= 4 is 18.4 Å². The van der Waals surface area contributed by atoms with Gasteiger partial charge in [-0.3, -0.25) is 4.79 Å². The molecule has 1 saturated heterocycles. The summed E-state index contributed by atoms with van der Waals surface area (Å²) in [7, 11) is -0.513. The van der Waals surface area contributed by atoms with Crippen LogP contribution in [0.3, 0.4) is 0 Å². The van der Waals surface area contributed by atoms with Crippen LogP contribution in [0.2, 0.25) is 0 Å². The first kappa shape index (κ1) is 17.3. The molecule has 0 saturated carbocycles. The van der Waals surface area contributed by atoms with Crippen molar-refractivity contribution in [3.8, 4) is 0 Å². The van der Waals surface area contributed by atoms with Crippen molar-refractivity contribution in [1.29, 1.82) is 0 Å². The standard InChI is InChI=1S/C17H27BO4/c1-9-12(19)13-10-11(14(20-13)15(2,3)4)18-21-16(5,6)17(7,8)22-18/h10H,9H2,1-8H3. The van der Waals surface area contributed by atoms with E-state index < -0.39 is 18.3 Å². The molecule has 0 radical (unpaired) electrons. The van der Waals surface area contributed by atoms with Crippen LogP contribution < -0.4 is 5.46 Å². The van der Waals surface area contributed by atoms with Crippen molar-refractivity contribution in [1.82, 2.24) is 0 Å². The molecule has 5 heteroatoms. The van der Waals surface area contributed by atoms with Crippen LogP contribution >= 0.6 is 0 Å². The van der Waals surface area contributed by atoms with Gasteiger partial charge in [0.25, 0.3) is 0 Å². The zero-order chi connectivity index (χ0) is 16.9. The predicted octanol–water partition coefficient (Wildman–Crippen LogP) is 3.47. The van der Waals surface area contributed by atoms with Gasteiger partial charge in [0.1, 0.15) is 5.76 Å². The fourth-order valence-corrected chi connectivity index (χ4v) is 2.45. The molecule has 0 spiro atoms. The minimum atomic E-state index is -0.513. The smallest absolute Gasteiger partial charge is 0.458 e. The lowest BCUT2D eigenvalue weighted by Gasteiger charge is -2.32. The molecule has 1 aliphatic heterocycles. The largest absolute Gasteiger partial charge is 0.498 e. The van der Waals surface area contributed by atoms with Crippen molar-refractivity contribution in [3.05, 3.63) is 17.6 Å². The monoisotopic (exact) mass is 306 g/mol. The van der Waals surface area contributed by atoms with E-state index in [1.165, 1.54) is 0 Å². The summed E-state index contributed by atoms with van der Waals surface area (Å²) in [6, 6.07) is 1.79. The molecule has 2 heterocycles. The molecule has 0 amide bonds. The van der Waals surface area contributed by atoms with Gasteiger partial charge < -0.3 is 13.7 Å². The van der Waals surface area contributed by atoms with Gasteiger partial charge in [-0.25, -0.2) is 0 Å². The van der Waals surface area contributed by atoms with E-state index in [9.17, 15) is 4.79 Å². The maximum Gasteiger partial charge on any atom is 0.498 e. The Bertz CT molecular complexity index is 562. The molecule has 0 bridgehead atoms. The summed E-state index contributed by atoms with van der Waals surface area (Å²) in [5.41, 5.74) is -0.244. The van der Waals surface area contributed by atoms with E-state index in [1.54, 1.807) is 6.07 Å². The molecule has 0 atom stereocenters. The van der Waals surface area contributed by atoms with E-state index in [0.29, 0.717) is 12.2 Å². The number of furan rings is 1. The van der Waals surface area contributed by atoms with Crippen molar-refractivity contribution in [2.75, 3.05) is 0 Å². The number of rotatable bonds is 3. The Labute approximate surface area is 133 Å². The van der Waals surface area contributed by atoms with E-state index in [0.717, 1.165) is 11.2 Å². The SMILES string of the molecule is CCC(=O)c1cc(B2OC(C)(C)C(C)(C)O2)c(C(C)(C)C)o1. The highest BCUT2D eigenvalue weighted by molar-refractivity contribution is 6.62. The van der Waals surface area contributed by atoms with Crippen LogP contribution in [0.15, 0.2) is 10.5 Å². The van der Waals surface area contributed by atoms with Gasteiger partial charge in [0.2, 0.25) is 0 Å². The maximum atomic E-state index is 12.0. The van der Waals surface area contributed by atoms with Gasteiger partial charge in [0.05, 0.1) is 11.2 Å². The summed E-state index contributed by atoms with van der Waals surface area (Å²) in [6.07, 6.45) is 0.417. The Morgan fingerprint density at radius 2 is 1.64 bits per heavy atom. The lowest BCUT2D eigenvalue weighted by atomic mass is 9.73. The molecule has 1 fully saturated rings. The number of Topliss-reactive ketones (excluding diaryl/α,β-unsaturated/α-hetero) is 1. The van der Waals surface area contributed by atoms with E-state index in [1.807, 2.05) is 34.6 Å². The van der Waals surface area contributed by atoms with Gasteiger partial charge >= 0.3 is 7.12 Å². The van der Waals surface area contributed by atoms with Crippen molar-refractivity contribution in [2.45, 2.75) is 78.4 Å². The Morgan fingerprint density at radius 1 is 1.14 bits per heavy atom. The topological polar surface area (TPSA) is 48.7 Å². The summed E-state index contributed by atoms with van der Waals surface area (Å²) in [4.78, 5) is 12.0. The van der Waals surface area contributed by atoms with E-state index in [4.69, 9.17) is 13.7 Å². The number of carbonyl (C=O) groups excluding carboxylic acids is 1. The second-order valence-corrected chi connectivity index (χ2v) is 8.01. The van der Waals surface area contributed by atoms with Crippen LogP contribution in [0.1, 0.15) is 78.1 Å². The molecule has 0 aliphatic carbocycles. The van der Waals surface area contributed by atoms with Crippen molar-refractivity contribution < 1.29 is 18.5 Å². The van der Waals surface area contributed by atoms with Gasteiger partial charge in [0.15, 0.2) is 11.5 Å². The molecule has 0 aromatic carbocycles. The normalized spacial score (nSPS) is 20.5. The molecule has 22 heavy (non-hydrogen) atoms. The van der Waals surface area contributed by atoms with Crippen LogP contribution in [0, 0.1) is 0 Å². The third-order valence-corrected chi connectivity index (χ3v) is 4.55. The number of ketones is 1. The van der Waals surface area contributed by atoms with E-state index in [2.05, 4.69) is 20.8 Å². The number of carbonyl (C=O) groups is 1. The van der Waals surface area contributed by atoms with Gasteiger partial charge in [-0.1, -0.05) is 27.7 Å². The average molecular weight is 306 g/mol. The molecule has 0 N–H and O–H groups in total. The summed E-state index contributed by atoms with van der Waals surface area (Å²) in [6.45, 7) is 16.1. The minimum absolute atomic E-state index is 0.00623. The first-order chi connectivity index (χ1) is 9.89. The van der Waals surface area contributed by atoms with Crippen LogP contribution in [-0.2, 0) is 14.7 Å². The Hall–Kier alpha value is -1.07. The second kappa shape index (κ2) is 5.24. The van der Waals surface area contributed by atoms with Crippen LogP contribution in [0.4, 0.5) is 0 Å². The highest BCUT2D eigenvalue weighted by Gasteiger charge is 2.53. The third kappa shape index (κ3) is 2.89. The fourth-order valence-electron chi connectivity index (χ4n) is 2.45. The Kier molecular flexibility index (Phi) is 4.12. The predicted molar refractivity (Wildman–Crippen MR) is 87.7 cm³/mol. The van der Waals surface area contributed by atoms with Gasteiger partial charge in [-0.2, -0.15) is 0 Å². The zero-order valence-corrected chi connectivity index (χ0v) is 15.0. The van der Waals surface area contributed by atoms with E-state index >= 15 is 0 Å². The van der Waals surface area contributed by atoms with Crippen molar-refractivity contribution in [3.63, 3.8) is 0 Å². The highest BCUT2D eigenvalue weighted by atomic mass is 16.7. The summed E-state index contributed by atoms with van der Waals surface area (Å²) in [5.74, 6) is 1.13. The summed E-state index contributed by atoms with van der Waals surface area (Å²) in [5, 5.41) is 0. The second-order valence-electron chi connectivity index (χ2n) is 8.01. The Morgan fingerprint density at radius 3 is 2.05 bits per heavy atom. The molecule has 1 aromatic heterocycles. The zero-order valence-electron chi connectivity index (χ0n) is 15.0.